The molecule has 0 saturated heterocycles. The maximum atomic E-state index is 5.39. The van der Waals surface area contributed by atoms with Gasteiger partial charge in [0.05, 0.1) is 0 Å². The van der Waals surface area contributed by atoms with Crippen LogP contribution in [0.15, 0.2) is 48.5 Å². The Bertz CT molecular complexity index is 539. The van der Waals surface area contributed by atoms with Crippen LogP contribution < -0.4 is 15.2 Å². The number of hydrogen-bond donors (Lipinski definition) is 1. The van der Waals surface area contributed by atoms with Gasteiger partial charge in [0.15, 0.2) is 11.5 Å². The minimum Gasteiger partial charge on any atom is -0.454 e. The van der Waals surface area contributed by atoms with Gasteiger partial charge in [0, 0.05) is 12.0 Å². The smallest absolute Gasteiger partial charge is 0.231 e. The van der Waals surface area contributed by atoms with Crippen LogP contribution in [0.3, 0.4) is 0 Å². The summed E-state index contributed by atoms with van der Waals surface area (Å²) in [5.74, 6) is 1.65. The van der Waals surface area contributed by atoms with Gasteiger partial charge >= 0.3 is 0 Å². The number of hydrogen-bond acceptors (Lipinski definition) is 2. The van der Waals surface area contributed by atoms with Crippen LogP contribution in [0.25, 0.3) is 0 Å². The Morgan fingerprint density at radius 1 is 1.00 bits per heavy atom. The standard InChI is InChI=1S/C15H15NO2/c16-13(8-11-4-2-1-3-5-11)12-6-7-14-15(9-12)18-10-17-14/h1-7,9,13H,8,10,16H2/p+1. The molecule has 2 aromatic carbocycles. The van der Waals surface area contributed by atoms with Crippen LogP contribution >= 0.6 is 0 Å². The third-order valence-corrected chi connectivity index (χ3v) is 3.19. The van der Waals surface area contributed by atoms with Crippen molar-refractivity contribution >= 4 is 0 Å². The monoisotopic (exact) mass is 242 g/mol. The Balaban J connectivity index is 1.78. The van der Waals surface area contributed by atoms with Crippen LogP contribution in [0.5, 0.6) is 11.5 Å². The third-order valence-electron chi connectivity index (χ3n) is 3.19. The number of fused-ring (bicyclic) bond motifs is 1. The normalized spacial score (nSPS) is 14.5. The van der Waals surface area contributed by atoms with Crippen LogP contribution in [0.2, 0.25) is 0 Å². The van der Waals surface area contributed by atoms with Gasteiger partial charge < -0.3 is 15.2 Å². The van der Waals surface area contributed by atoms with Crippen molar-refractivity contribution in [1.29, 1.82) is 0 Å². The van der Waals surface area contributed by atoms with Crippen LogP contribution in [0.4, 0.5) is 0 Å². The first kappa shape index (κ1) is 11.1. The van der Waals surface area contributed by atoms with Crippen molar-refractivity contribution in [2.45, 2.75) is 12.5 Å². The van der Waals surface area contributed by atoms with E-state index in [2.05, 4.69) is 36.1 Å². The van der Waals surface area contributed by atoms with Gasteiger partial charge in [-0.15, -0.1) is 0 Å². The fraction of sp³-hybridized carbons (Fsp3) is 0.200. The molecule has 3 N–H and O–H groups in total. The lowest BCUT2D eigenvalue weighted by Gasteiger charge is -2.09. The summed E-state index contributed by atoms with van der Waals surface area (Å²) in [5.41, 5.74) is 6.72. The summed E-state index contributed by atoms with van der Waals surface area (Å²) in [6.45, 7) is 0.319. The van der Waals surface area contributed by atoms with Gasteiger partial charge in [-0.25, -0.2) is 0 Å². The maximum absolute atomic E-state index is 5.39. The first-order chi connectivity index (χ1) is 8.83. The number of quaternary nitrogens is 1. The summed E-state index contributed by atoms with van der Waals surface area (Å²) in [4.78, 5) is 0. The zero-order chi connectivity index (χ0) is 12.4. The summed E-state index contributed by atoms with van der Waals surface area (Å²) < 4.78 is 10.7. The second kappa shape index (κ2) is 4.70. The van der Waals surface area contributed by atoms with E-state index in [-0.39, 0.29) is 6.04 Å². The molecule has 1 aliphatic heterocycles. The molecule has 1 unspecified atom stereocenters. The fourth-order valence-corrected chi connectivity index (χ4v) is 2.18. The van der Waals surface area contributed by atoms with E-state index in [9.17, 15) is 0 Å². The van der Waals surface area contributed by atoms with Gasteiger partial charge in [0.1, 0.15) is 6.04 Å². The van der Waals surface area contributed by atoms with Crippen molar-refractivity contribution in [2.75, 3.05) is 6.79 Å². The molecule has 0 aromatic heterocycles. The van der Waals surface area contributed by atoms with Gasteiger partial charge in [-0.05, 0) is 23.8 Å². The van der Waals surface area contributed by atoms with E-state index in [4.69, 9.17) is 9.47 Å². The summed E-state index contributed by atoms with van der Waals surface area (Å²) in [5, 5.41) is 0. The zero-order valence-electron chi connectivity index (χ0n) is 10.1. The molecule has 0 saturated carbocycles. The largest absolute Gasteiger partial charge is 0.454 e. The predicted molar refractivity (Wildman–Crippen MR) is 68.3 cm³/mol. The predicted octanol–water partition coefficient (Wildman–Crippen LogP) is 1.94. The molecule has 1 heterocycles. The summed E-state index contributed by atoms with van der Waals surface area (Å²) in [6.07, 6.45) is 0.931. The number of ether oxygens (including phenoxy) is 2. The van der Waals surface area contributed by atoms with E-state index >= 15 is 0 Å². The first-order valence-electron chi connectivity index (χ1n) is 6.09. The quantitative estimate of drug-likeness (QED) is 0.894. The van der Waals surface area contributed by atoms with E-state index < -0.39 is 0 Å². The highest BCUT2D eigenvalue weighted by atomic mass is 16.7. The zero-order valence-corrected chi connectivity index (χ0v) is 10.1. The van der Waals surface area contributed by atoms with E-state index in [0.29, 0.717) is 6.79 Å². The van der Waals surface area contributed by atoms with E-state index in [1.165, 1.54) is 11.1 Å². The van der Waals surface area contributed by atoms with E-state index in [1.54, 1.807) is 0 Å². The van der Waals surface area contributed by atoms with Crippen molar-refractivity contribution in [3.05, 3.63) is 59.7 Å². The highest BCUT2D eigenvalue weighted by Gasteiger charge is 2.17. The van der Waals surface area contributed by atoms with Crippen molar-refractivity contribution in [1.82, 2.24) is 0 Å². The highest BCUT2D eigenvalue weighted by molar-refractivity contribution is 5.45. The third kappa shape index (κ3) is 2.17. The molecule has 0 aliphatic carbocycles. The van der Waals surface area contributed by atoms with Gasteiger partial charge in [-0.3, -0.25) is 0 Å². The van der Waals surface area contributed by atoms with Gasteiger partial charge in [-0.1, -0.05) is 30.3 Å². The highest BCUT2D eigenvalue weighted by Crippen LogP contribution is 2.33. The molecule has 92 valence electrons. The molecule has 0 bridgehead atoms. The van der Waals surface area contributed by atoms with Gasteiger partial charge in [0.2, 0.25) is 6.79 Å². The summed E-state index contributed by atoms with van der Waals surface area (Å²) in [7, 11) is 0. The lowest BCUT2D eigenvalue weighted by Crippen LogP contribution is -2.54. The molecule has 3 heteroatoms. The van der Waals surface area contributed by atoms with Crippen molar-refractivity contribution in [3.63, 3.8) is 0 Å². The van der Waals surface area contributed by atoms with Crippen LogP contribution in [0, 0.1) is 0 Å². The van der Waals surface area contributed by atoms with Crippen LogP contribution in [-0.4, -0.2) is 6.79 Å². The second-order valence-corrected chi connectivity index (χ2v) is 4.50. The Hall–Kier alpha value is -2.00. The first-order valence-corrected chi connectivity index (χ1v) is 6.09. The Morgan fingerprint density at radius 3 is 2.61 bits per heavy atom. The van der Waals surface area contributed by atoms with Crippen LogP contribution in [0.1, 0.15) is 17.2 Å². The Morgan fingerprint density at radius 2 is 1.78 bits per heavy atom. The Kier molecular flexibility index (Phi) is 2.90. The molecule has 0 radical (unpaired) electrons. The molecule has 1 aliphatic rings. The van der Waals surface area contributed by atoms with Crippen molar-refractivity contribution in [2.24, 2.45) is 0 Å². The van der Waals surface area contributed by atoms with Gasteiger partial charge in [-0.2, -0.15) is 0 Å². The average Bonchev–Trinajstić information content (AvgIpc) is 2.87. The molecule has 2 aromatic rings. The van der Waals surface area contributed by atoms with Gasteiger partial charge in [0.25, 0.3) is 0 Å². The lowest BCUT2D eigenvalue weighted by molar-refractivity contribution is -0.426. The summed E-state index contributed by atoms with van der Waals surface area (Å²) >= 11 is 0. The topological polar surface area (TPSA) is 46.1 Å². The molecule has 3 nitrogen and oxygen atoms in total. The second-order valence-electron chi connectivity index (χ2n) is 4.50. The molecule has 0 amide bonds. The molecule has 3 rings (SSSR count). The fourth-order valence-electron chi connectivity index (χ4n) is 2.18. The number of benzene rings is 2. The van der Waals surface area contributed by atoms with E-state index in [0.717, 1.165) is 17.9 Å². The minimum atomic E-state index is 0.224. The summed E-state index contributed by atoms with van der Waals surface area (Å²) in [6, 6.07) is 16.7. The van der Waals surface area contributed by atoms with E-state index in [1.807, 2.05) is 18.2 Å². The number of rotatable bonds is 3. The molecule has 1 atom stereocenters. The molecule has 0 spiro atoms. The SMILES string of the molecule is [NH3+]C(Cc1ccccc1)c1ccc2c(c1)OCO2. The molecule has 18 heavy (non-hydrogen) atoms. The molecular weight excluding hydrogens is 226 g/mol. The Labute approximate surface area is 106 Å². The maximum Gasteiger partial charge on any atom is 0.231 e. The lowest BCUT2D eigenvalue weighted by atomic mass is 9.99. The van der Waals surface area contributed by atoms with Crippen LogP contribution in [-0.2, 0) is 6.42 Å². The molecular formula is C15H16NO2+. The minimum absolute atomic E-state index is 0.224. The van der Waals surface area contributed by atoms with Crippen molar-refractivity contribution in [3.8, 4) is 11.5 Å². The molecule has 0 fully saturated rings. The average molecular weight is 242 g/mol. The van der Waals surface area contributed by atoms with Crippen molar-refractivity contribution < 1.29 is 15.2 Å².